The standard InChI is InChI=1S/C23H32ClN3O4/c1-23(2,3)31-22(29)27-7-4-5-20(27)18-14-17(24)13-16-6-8-26(15-19(16)18)21(28)25-9-11-30-12-10-25/h13-14,20H,4-12,15H2,1-3H3. The quantitative estimate of drug-likeness (QED) is 0.643. The second-order valence-corrected chi connectivity index (χ2v) is 9.95. The van der Waals surface area contributed by atoms with Crippen LogP contribution in [-0.4, -0.2) is 71.8 Å². The van der Waals surface area contributed by atoms with Crippen LogP contribution in [0.2, 0.25) is 5.02 Å². The Labute approximate surface area is 189 Å². The molecule has 31 heavy (non-hydrogen) atoms. The van der Waals surface area contributed by atoms with Gasteiger partial charge in [-0.1, -0.05) is 11.6 Å². The van der Waals surface area contributed by atoms with Crippen LogP contribution in [0.15, 0.2) is 12.1 Å². The molecule has 170 valence electrons. The van der Waals surface area contributed by atoms with E-state index in [0.717, 1.165) is 30.4 Å². The molecule has 1 atom stereocenters. The van der Waals surface area contributed by atoms with E-state index in [2.05, 4.69) is 0 Å². The Morgan fingerprint density at radius 1 is 1.10 bits per heavy atom. The number of halogens is 1. The minimum absolute atomic E-state index is 0.0604. The maximum absolute atomic E-state index is 13.1. The van der Waals surface area contributed by atoms with Gasteiger partial charge in [0.05, 0.1) is 19.3 Å². The number of benzene rings is 1. The molecule has 0 aliphatic carbocycles. The van der Waals surface area contributed by atoms with Gasteiger partial charge in [-0.25, -0.2) is 9.59 Å². The molecular weight excluding hydrogens is 418 g/mol. The summed E-state index contributed by atoms with van der Waals surface area (Å²) in [6.45, 7) is 9.95. The molecule has 0 spiro atoms. The molecule has 2 saturated heterocycles. The van der Waals surface area contributed by atoms with Crippen LogP contribution in [0.25, 0.3) is 0 Å². The lowest BCUT2D eigenvalue weighted by Crippen LogP contribution is -2.49. The van der Waals surface area contributed by atoms with Crippen LogP contribution in [0.3, 0.4) is 0 Å². The average molecular weight is 450 g/mol. The maximum Gasteiger partial charge on any atom is 0.410 e. The number of fused-ring (bicyclic) bond motifs is 1. The molecule has 8 heteroatoms. The topological polar surface area (TPSA) is 62.3 Å². The van der Waals surface area contributed by atoms with Crippen molar-refractivity contribution in [3.05, 3.63) is 33.8 Å². The first-order valence-electron chi connectivity index (χ1n) is 11.2. The summed E-state index contributed by atoms with van der Waals surface area (Å²) < 4.78 is 11.0. The van der Waals surface area contributed by atoms with E-state index in [1.54, 1.807) is 0 Å². The fraction of sp³-hybridized carbons (Fsp3) is 0.652. The smallest absolute Gasteiger partial charge is 0.410 e. The number of ether oxygens (including phenoxy) is 2. The number of carbonyl (C=O) groups is 2. The molecule has 3 heterocycles. The van der Waals surface area contributed by atoms with E-state index in [0.29, 0.717) is 51.0 Å². The minimum Gasteiger partial charge on any atom is -0.444 e. The fourth-order valence-electron chi connectivity index (χ4n) is 4.70. The van der Waals surface area contributed by atoms with Crippen LogP contribution in [-0.2, 0) is 22.4 Å². The van der Waals surface area contributed by atoms with E-state index in [-0.39, 0.29) is 18.2 Å². The van der Waals surface area contributed by atoms with Gasteiger partial charge in [-0.3, -0.25) is 0 Å². The maximum atomic E-state index is 13.1. The van der Waals surface area contributed by atoms with Gasteiger partial charge in [0, 0.05) is 37.7 Å². The number of amides is 3. The first-order chi connectivity index (χ1) is 14.7. The summed E-state index contributed by atoms with van der Waals surface area (Å²) in [5, 5.41) is 0.678. The summed E-state index contributed by atoms with van der Waals surface area (Å²) in [7, 11) is 0. The number of morpholine rings is 1. The van der Waals surface area contributed by atoms with Gasteiger partial charge < -0.3 is 24.2 Å². The highest BCUT2D eigenvalue weighted by molar-refractivity contribution is 6.30. The van der Waals surface area contributed by atoms with Crippen molar-refractivity contribution in [3.63, 3.8) is 0 Å². The predicted octanol–water partition coefficient (Wildman–Crippen LogP) is 4.22. The van der Waals surface area contributed by atoms with Crippen molar-refractivity contribution >= 4 is 23.7 Å². The summed E-state index contributed by atoms with van der Waals surface area (Å²) in [6.07, 6.45) is 2.25. The highest BCUT2D eigenvalue weighted by atomic mass is 35.5. The largest absolute Gasteiger partial charge is 0.444 e. The number of hydrogen-bond acceptors (Lipinski definition) is 4. The number of carbonyl (C=O) groups excluding carboxylic acids is 2. The van der Waals surface area contributed by atoms with Gasteiger partial charge in [0.15, 0.2) is 0 Å². The highest BCUT2D eigenvalue weighted by Crippen LogP contribution is 2.39. The molecular formula is C23H32ClN3O4. The number of urea groups is 1. The van der Waals surface area contributed by atoms with Gasteiger partial charge >= 0.3 is 12.1 Å². The van der Waals surface area contributed by atoms with Crippen LogP contribution in [0.4, 0.5) is 9.59 Å². The lowest BCUT2D eigenvalue weighted by Gasteiger charge is -2.37. The first kappa shape index (κ1) is 22.2. The molecule has 1 aromatic rings. The van der Waals surface area contributed by atoms with Crippen LogP contribution >= 0.6 is 11.6 Å². The van der Waals surface area contributed by atoms with Gasteiger partial charge in [0.2, 0.25) is 0 Å². The van der Waals surface area contributed by atoms with E-state index in [4.69, 9.17) is 21.1 Å². The average Bonchev–Trinajstić information content (AvgIpc) is 3.21. The molecule has 0 radical (unpaired) electrons. The molecule has 0 N–H and O–H groups in total. The second kappa shape index (κ2) is 8.87. The van der Waals surface area contributed by atoms with E-state index in [1.807, 2.05) is 47.6 Å². The number of hydrogen-bond donors (Lipinski definition) is 0. The third-order valence-electron chi connectivity index (χ3n) is 6.13. The summed E-state index contributed by atoms with van der Waals surface area (Å²) >= 11 is 6.48. The van der Waals surface area contributed by atoms with Crippen molar-refractivity contribution in [2.45, 2.75) is 58.2 Å². The number of rotatable bonds is 1. The van der Waals surface area contributed by atoms with Gasteiger partial charge in [-0.05, 0) is 68.9 Å². The molecule has 0 bridgehead atoms. The summed E-state index contributed by atoms with van der Waals surface area (Å²) in [5.74, 6) is 0. The molecule has 7 nitrogen and oxygen atoms in total. The number of nitrogens with zero attached hydrogens (tertiary/aromatic N) is 3. The molecule has 3 aliphatic heterocycles. The first-order valence-corrected chi connectivity index (χ1v) is 11.5. The summed E-state index contributed by atoms with van der Waals surface area (Å²) in [5.41, 5.74) is 2.80. The van der Waals surface area contributed by atoms with E-state index >= 15 is 0 Å². The Hall–Kier alpha value is -1.99. The van der Waals surface area contributed by atoms with Gasteiger partial charge in [-0.2, -0.15) is 0 Å². The van der Waals surface area contributed by atoms with Crippen LogP contribution < -0.4 is 0 Å². The Morgan fingerprint density at radius 2 is 1.84 bits per heavy atom. The monoisotopic (exact) mass is 449 g/mol. The van der Waals surface area contributed by atoms with Gasteiger partial charge in [0.25, 0.3) is 0 Å². The highest BCUT2D eigenvalue weighted by Gasteiger charge is 2.36. The minimum atomic E-state index is -0.542. The third-order valence-corrected chi connectivity index (χ3v) is 6.35. The Kier molecular flexibility index (Phi) is 6.35. The molecule has 3 amide bonds. The molecule has 1 aromatic carbocycles. The molecule has 1 unspecified atom stereocenters. The summed E-state index contributed by atoms with van der Waals surface area (Å²) in [4.78, 5) is 31.5. The molecule has 2 fully saturated rings. The molecule has 0 saturated carbocycles. The van der Waals surface area contributed by atoms with Crippen molar-refractivity contribution in [1.82, 2.24) is 14.7 Å². The zero-order chi connectivity index (χ0) is 22.2. The molecule has 4 rings (SSSR count). The van der Waals surface area contributed by atoms with E-state index < -0.39 is 5.60 Å². The second-order valence-electron chi connectivity index (χ2n) is 9.52. The zero-order valence-electron chi connectivity index (χ0n) is 18.7. The summed E-state index contributed by atoms with van der Waals surface area (Å²) in [6, 6.07) is 3.95. The molecule has 3 aliphatic rings. The lowest BCUT2D eigenvalue weighted by atomic mass is 9.90. The Morgan fingerprint density at radius 3 is 2.55 bits per heavy atom. The normalized spacial score (nSPS) is 21.8. The predicted molar refractivity (Wildman–Crippen MR) is 118 cm³/mol. The molecule has 0 aromatic heterocycles. The van der Waals surface area contributed by atoms with Crippen LogP contribution in [0, 0.1) is 0 Å². The fourth-order valence-corrected chi connectivity index (χ4v) is 4.95. The van der Waals surface area contributed by atoms with E-state index in [1.165, 1.54) is 5.56 Å². The van der Waals surface area contributed by atoms with Gasteiger partial charge in [-0.15, -0.1) is 0 Å². The number of likely N-dealkylation sites (tertiary alicyclic amines) is 1. The Bertz CT molecular complexity index is 848. The van der Waals surface area contributed by atoms with Gasteiger partial charge in [0.1, 0.15) is 5.60 Å². The SMILES string of the molecule is CC(C)(C)OC(=O)N1CCCC1c1cc(Cl)cc2c1CN(C(=O)N1CCOCC1)CC2. The third kappa shape index (κ3) is 4.93. The van der Waals surface area contributed by atoms with Crippen molar-refractivity contribution in [3.8, 4) is 0 Å². The van der Waals surface area contributed by atoms with Crippen LogP contribution in [0.1, 0.15) is 56.3 Å². The Balaban J connectivity index is 1.59. The van der Waals surface area contributed by atoms with Crippen molar-refractivity contribution in [1.29, 1.82) is 0 Å². The zero-order valence-corrected chi connectivity index (χ0v) is 19.4. The van der Waals surface area contributed by atoms with Crippen molar-refractivity contribution in [2.24, 2.45) is 0 Å². The van der Waals surface area contributed by atoms with Crippen molar-refractivity contribution < 1.29 is 19.1 Å². The van der Waals surface area contributed by atoms with E-state index in [9.17, 15) is 9.59 Å². The van der Waals surface area contributed by atoms with Crippen LogP contribution in [0.5, 0.6) is 0 Å². The van der Waals surface area contributed by atoms with Crippen molar-refractivity contribution in [2.75, 3.05) is 39.4 Å². The lowest BCUT2D eigenvalue weighted by molar-refractivity contribution is 0.0222.